The van der Waals surface area contributed by atoms with E-state index in [2.05, 4.69) is 6.07 Å². The van der Waals surface area contributed by atoms with Gasteiger partial charge in [0, 0.05) is 26.2 Å². The molecule has 6 nitrogen and oxygen atoms in total. The van der Waals surface area contributed by atoms with Crippen LogP contribution in [0.5, 0.6) is 0 Å². The molecule has 27 heavy (non-hydrogen) atoms. The first kappa shape index (κ1) is 19.2. The Morgan fingerprint density at radius 2 is 1.74 bits per heavy atom. The molecule has 0 radical (unpaired) electrons. The number of carbonyl (C=O) groups excluding carboxylic acids is 2. The first-order valence-corrected chi connectivity index (χ1v) is 9.49. The summed E-state index contributed by atoms with van der Waals surface area (Å²) in [6, 6.07) is 9.48. The molecule has 6 heteroatoms. The van der Waals surface area contributed by atoms with E-state index in [0.717, 1.165) is 18.5 Å². The molecule has 2 fully saturated rings. The molecule has 0 bridgehead atoms. The van der Waals surface area contributed by atoms with Gasteiger partial charge in [0.25, 0.3) is 0 Å². The van der Waals surface area contributed by atoms with Gasteiger partial charge in [-0.15, -0.1) is 0 Å². The summed E-state index contributed by atoms with van der Waals surface area (Å²) in [5.41, 5.74) is 0.807. The van der Waals surface area contributed by atoms with Crippen molar-refractivity contribution in [2.75, 3.05) is 19.6 Å². The minimum absolute atomic E-state index is 0.190. The van der Waals surface area contributed by atoms with E-state index in [1.54, 1.807) is 17.0 Å². The summed E-state index contributed by atoms with van der Waals surface area (Å²) in [6.45, 7) is 8.01. The van der Waals surface area contributed by atoms with Crippen molar-refractivity contribution in [2.24, 2.45) is 5.41 Å². The quantitative estimate of drug-likeness (QED) is 0.802. The molecule has 2 saturated heterocycles. The van der Waals surface area contributed by atoms with E-state index in [-0.39, 0.29) is 17.4 Å². The van der Waals surface area contributed by atoms with Crippen LogP contribution in [0.1, 0.15) is 51.2 Å². The second-order valence-corrected chi connectivity index (χ2v) is 8.53. The fourth-order valence-electron chi connectivity index (χ4n) is 3.86. The zero-order chi connectivity index (χ0) is 19.7. The Bertz CT molecular complexity index is 750. The summed E-state index contributed by atoms with van der Waals surface area (Å²) in [5, 5.41) is 8.89. The van der Waals surface area contributed by atoms with E-state index in [1.807, 2.05) is 37.8 Å². The van der Waals surface area contributed by atoms with Crippen LogP contribution in [0.3, 0.4) is 0 Å². The van der Waals surface area contributed by atoms with Crippen LogP contribution >= 0.6 is 0 Å². The number of rotatable bonds is 2. The summed E-state index contributed by atoms with van der Waals surface area (Å²) >= 11 is 0. The van der Waals surface area contributed by atoms with E-state index >= 15 is 0 Å². The highest BCUT2D eigenvalue weighted by molar-refractivity contribution is 5.85. The number of carbonyl (C=O) groups is 2. The molecule has 144 valence electrons. The zero-order valence-corrected chi connectivity index (χ0v) is 16.3. The van der Waals surface area contributed by atoms with Crippen LogP contribution in [0.25, 0.3) is 0 Å². The number of ether oxygens (including phenoxy) is 1. The van der Waals surface area contributed by atoms with Gasteiger partial charge in [0.2, 0.25) is 5.91 Å². The molecule has 0 atom stereocenters. The smallest absolute Gasteiger partial charge is 0.410 e. The summed E-state index contributed by atoms with van der Waals surface area (Å²) in [6.07, 6.45) is 1.92. The second-order valence-electron chi connectivity index (χ2n) is 8.53. The maximum atomic E-state index is 13.1. The molecular formula is C21H27N3O3. The van der Waals surface area contributed by atoms with Gasteiger partial charge in [-0.3, -0.25) is 4.79 Å². The maximum Gasteiger partial charge on any atom is 0.410 e. The van der Waals surface area contributed by atoms with Crippen molar-refractivity contribution in [3.63, 3.8) is 0 Å². The second kappa shape index (κ2) is 7.22. The Hall–Kier alpha value is -2.55. The number of likely N-dealkylation sites (tertiary alicyclic amines) is 2. The lowest BCUT2D eigenvalue weighted by molar-refractivity contribution is -0.138. The number of hydrogen-bond donors (Lipinski definition) is 0. The van der Waals surface area contributed by atoms with Crippen molar-refractivity contribution in [1.82, 2.24) is 9.80 Å². The van der Waals surface area contributed by atoms with E-state index in [4.69, 9.17) is 10.00 Å². The van der Waals surface area contributed by atoms with Gasteiger partial charge in [-0.25, -0.2) is 4.79 Å². The molecule has 0 unspecified atom stereocenters. The molecule has 0 aromatic heterocycles. The van der Waals surface area contributed by atoms with Crippen LogP contribution < -0.4 is 0 Å². The van der Waals surface area contributed by atoms with Crippen LogP contribution in [-0.2, 0) is 16.1 Å². The van der Waals surface area contributed by atoms with Crippen molar-refractivity contribution in [3.8, 4) is 6.07 Å². The minimum Gasteiger partial charge on any atom is -0.444 e. The molecule has 0 saturated carbocycles. The van der Waals surface area contributed by atoms with Crippen molar-refractivity contribution in [3.05, 3.63) is 35.4 Å². The largest absolute Gasteiger partial charge is 0.444 e. The number of amides is 2. The number of benzene rings is 1. The summed E-state index contributed by atoms with van der Waals surface area (Å²) < 4.78 is 5.44. The molecule has 1 spiro atoms. The minimum atomic E-state index is -0.507. The fourth-order valence-corrected chi connectivity index (χ4v) is 3.86. The van der Waals surface area contributed by atoms with Crippen molar-refractivity contribution in [1.29, 1.82) is 5.26 Å². The molecule has 1 aromatic rings. The first-order chi connectivity index (χ1) is 12.7. The molecule has 2 aliphatic rings. The Labute approximate surface area is 160 Å². The third-order valence-electron chi connectivity index (χ3n) is 5.43. The van der Waals surface area contributed by atoms with Crippen LogP contribution in [0, 0.1) is 16.7 Å². The van der Waals surface area contributed by atoms with E-state index in [0.29, 0.717) is 38.0 Å². The predicted octanol–water partition coefficient (Wildman–Crippen LogP) is 3.31. The highest BCUT2D eigenvalue weighted by atomic mass is 16.6. The topological polar surface area (TPSA) is 73.6 Å². The molecule has 3 rings (SSSR count). The van der Waals surface area contributed by atoms with Gasteiger partial charge in [-0.1, -0.05) is 12.1 Å². The summed E-state index contributed by atoms with van der Waals surface area (Å²) in [7, 11) is 0. The Morgan fingerprint density at radius 3 is 2.30 bits per heavy atom. The molecule has 2 heterocycles. The summed E-state index contributed by atoms with van der Waals surface area (Å²) in [4.78, 5) is 28.9. The first-order valence-electron chi connectivity index (χ1n) is 9.49. The highest BCUT2D eigenvalue weighted by Crippen LogP contribution is 2.42. The van der Waals surface area contributed by atoms with E-state index in [1.165, 1.54) is 0 Å². The van der Waals surface area contributed by atoms with Gasteiger partial charge in [-0.05, 0) is 57.7 Å². The molecule has 2 amide bonds. The number of nitrogens with zero attached hydrogens (tertiary/aromatic N) is 3. The monoisotopic (exact) mass is 369 g/mol. The van der Waals surface area contributed by atoms with Crippen molar-refractivity contribution in [2.45, 2.75) is 52.2 Å². The van der Waals surface area contributed by atoms with E-state index in [9.17, 15) is 9.59 Å². The Kier molecular flexibility index (Phi) is 5.14. The summed E-state index contributed by atoms with van der Waals surface area (Å²) in [5.74, 6) is 0.190. The molecule has 0 N–H and O–H groups in total. The van der Waals surface area contributed by atoms with Crippen LogP contribution in [0.4, 0.5) is 4.79 Å². The zero-order valence-electron chi connectivity index (χ0n) is 16.3. The Morgan fingerprint density at radius 1 is 1.15 bits per heavy atom. The van der Waals surface area contributed by atoms with Crippen molar-refractivity contribution >= 4 is 12.0 Å². The molecular weight excluding hydrogens is 342 g/mol. The normalized spacial score (nSPS) is 19.3. The average Bonchev–Trinajstić information content (AvgIpc) is 2.91. The standard InChI is InChI=1S/C21H27N3O3/c1-20(2,3)27-19(26)23-11-8-21(9-12-23)10-13-24(18(21)25)15-17-6-4-16(14-22)5-7-17/h4-7H,8-13,15H2,1-3H3. The highest BCUT2D eigenvalue weighted by Gasteiger charge is 2.48. The third-order valence-corrected chi connectivity index (χ3v) is 5.43. The number of nitriles is 1. The van der Waals surface area contributed by atoms with Gasteiger partial charge < -0.3 is 14.5 Å². The van der Waals surface area contributed by atoms with Crippen LogP contribution in [-0.4, -0.2) is 47.0 Å². The molecule has 1 aromatic carbocycles. The van der Waals surface area contributed by atoms with Crippen LogP contribution in [0.15, 0.2) is 24.3 Å². The van der Waals surface area contributed by atoms with Gasteiger partial charge in [0.1, 0.15) is 5.60 Å². The average molecular weight is 369 g/mol. The van der Waals surface area contributed by atoms with E-state index < -0.39 is 5.60 Å². The SMILES string of the molecule is CC(C)(C)OC(=O)N1CCC2(CC1)CCN(Cc1ccc(C#N)cc1)C2=O. The predicted molar refractivity (Wildman–Crippen MR) is 101 cm³/mol. The lowest BCUT2D eigenvalue weighted by Crippen LogP contribution is -2.47. The lowest BCUT2D eigenvalue weighted by atomic mass is 9.77. The Balaban J connectivity index is 1.58. The molecule has 0 aliphatic carbocycles. The fraction of sp³-hybridized carbons (Fsp3) is 0.571. The van der Waals surface area contributed by atoms with Gasteiger partial charge in [0.15, 0.2) is 0 Å². The third kappa shape index (κ3) is 4.24. The van der Waals surface area contributed by atoms with Gasteiger partial charge in [-0.2, -0.15) is 5.26 Å². The van der Waals surface area contributed by atoms with Crippen LogP contribution in [0.2, 0.25) is 0 Å². The maximum absolute atomic E-state index is 13.1. The van der Waals surface area contributed by atoms with Crippen molar-refractivity contribution < 1.29 is 14.3 Å². The number of piperidine rings is 1. The van der Waals surface area contributed by atoms with Gasteiger partial charge in [0.05, 0.1) is 17.0 Å². The van der Waals surface area contributed by atoms with Gasteiger partial charge >= 0.3 is 6.09 Å². The molecule has 2 aliphatic heterocycles. The lowest BCUT2D eigenvalue weighted by Gasteiger charge is -2.38. The number of hydrogen-bond acceptors (Lipinski definition) is 4.